The van der Waals surface area contributed by atoms with Gasteiger partial charge in [-0.3, -0.25) is 0 Å². The van der Waals surface area contributed by atoms with Crippen LogP contribution in [0.2, 0.25) is 0 Å². The van der Waals surface area contributed by atoms with Gasteiger partial charge in [0.2, 0.25) is 0 Å². The lowest BCUT2D eigenvalue weighted by atomic mass is 9.49. The lowest BCUT2D eigenvalue weighted by Gasteiger charge is -2.57. The normalized spacial score (nSPS) is 43.2. The van der Waals surface area contributed by atoms with Gasteiger partial charge in [-0.2, -0.15) is 11.8 Å². The molecule has 4 bridgehead atoms. The van der Waals surface area contributed by atoms with Crippen molar-refractivity contribution in [3.8, 4) is 0 Å². The summed E-state index contributed by atoms with van der Waals surface area (Å²) in [7, 11) is 0. The van der Waals surface area contributed by atoms with E-state index in [0.717, 1.165) is 23.2 Å². The van der Waals surface area contributed by atoms with E-state index in [-0.39, 0.29) is 0 Å². The standard InChI is InChI=1S/C15H27NS/c1-17-5-4-16-3-2-15-9-12-6-13(10-15)8-14(7-12)11-15/h12-14,16H,2-11H2,1H3. The van der Waals surface area contributed by atoms with Crippen molar-refractivity contribution < 1.29 is 0 Å². The highest BCUT2D eigenvalue weighted by Crippen LogP contribution is 2.61. The fraction of sp³-hybridized carbons (Fsp3) is 1.00. The molecule has 0 aromatic rings. The molecule has 0 unspecified atom stereocenters. The van der Waals surface area contributed by atoms with Crippen LogP contribution in [0.25, 0.3) is 0 Å². The van der Waals surface area contributed by atoms with E-state index in [1.165, 1.54) is 25.3 Å². The van der Waals surface area contributed by atoms with Crippen molar-refractivity contribution in [3.63, 3.8) is 0 Å². The third-order valence-electron chi connectivity index (χ3n) is 5.48. The van der Waals surface area contributed by atoms with E-state index in [4.69, 9.17) is 0 Å². The summed E-state index contributed by atoms with van der Waals surface area (Å²) in [5, 5.41) is 3.64. The number of hydrogen-bond donors (Lipinski definition) is 1. The minimum atomic E-state index is 0.779. The van der Waals surface area contributed by atoms with Crippen LogP contribution in [0.15, 0.2) is 0 Å². The van der Waals surface area contributed by atoms with Crippen LogP contribution in [-0.2, 0) is 0 Å². The van der Waals surface area contributed by atoms with Crippen LogP contribution in [0.3, 0.4) is 0 Å². The maximum Gasteiger partial charge on any atom is 0.00553 e. The summed E-state index contributed by atoms with van der Waals surface area (Å²) in [5.74, 6) is 4.62. The van der Waals surface area contributed by atoms with Gasteiger partial charge in [0.15, 0.2) is 0 Å². The lowest BCUT2D eigenvalue weighted by molar-refractivity contribution is -0.0566. The zero-order chi connectivity index (χ0) is 11.7. The van der Waals surface area contributed by atoms with Crippen LogP contribution in [0, 0.1) is 23.2 Å². The third-order valence-corrected chi connectivity index (χ3v) is 6.09. The van der Waals surface area contributed by atoms with E-state index in [9.17, 15) is 0 Å². The van der Waals surface area contributed by atoms with E-state index in [0.29, 0.717) is 0 Å². The Morgan fingerprint density at radius 2 is 1.59 bits per heavy atom. The first-order chi connectivity index (χ1) is 8.30. The predicted molar refractivity (Wildman–Crippen MR) is 76.5 cm³/mol. The molecule has 0 aliphatic heterocycles. The molecule has 0 spiro atoms. The van der Waals surface area contributed by atoms with E-state index in [1.54, 1.807) is 38.5 Å². The van der Waals surface area contributed by atoms with E-state index < -0.39 is 0 Å². The number of nitrogens with one attached hydrogen (secondary N) is 1. The van der Waals surface area contributed by atoms with E-state index in [2.05, 4.69) is 11.6 Å². The maximum atomic E-state index is 3.64. The molecule has 0 aromatic heterocycles. The van der Waals surface area contributed by atoms with Gasteiger partial charge in [0.25, 0.3) is 0 Å². The first-order valence-corrected chi connectivity index (χ1v) is 8.89. The highest BCUT2D eigenvalue weighted by atomic mass is 32.2. The summed E-state index contributed by atoms with van der Waals surface area (Å²) in [6.45, 7) is 2.47. The number of hydrogen-bond acceptors (Lipinski definition) is 2. The molecule has 0 atom stereocenters. The zero-order valence-corrected chi connectivity index (χ0v) is 12.0. The molecule has 0 heterocycles. The Morgan fingerprint density at radius 3 is 2.12 bits per heavy atom. The molecule has 4 saturated carbocycles. The second kappa shape index (κ2) is 5.13. The van der Waals surface area contributed by atoms with Gasteiger partial charge in [-0.1, -0.05) is 0 Å². The van der Waals surface area contributed by atoms with Crippen LogP contribution < -0.4 is 5.32 Å². The second-order valence-corrected chi connectivity index (χ2v) is 7.90. The number of thioether (sulfide) groups is 1. The molecule has 17 heavy (non-hydrogen) atoms. The molecular weight excluding hydrogens is 226 g/mol. The average molecular weight is 253 g/mol. The van der Waals surface area contributed by atoms with Crippen molar-refractivity contribution in [2.45, 2.75) is 44.9 Å². The lowest BCUT2D eigenvalue weighted by Crippen LogP contribution is -2.47. The van der Waals surface area contributed by atoms with Crippen molar-refractivity contribution in [2.75, 3.05) is 25.1 Å². The van der Waals surface area contributed by atoms with Crippen molar-refractivity contribution in [1.29, 1.82) is 0 Å². The molecule has 4 fully saturated rings. The maximum absolute atomic E-state index is 3.64. The first-order valence-electron chi connectivity index (χ1n) is 7.49. The minimum absolute atomic E-state index is 0.779. The SMILES string of the molecule is CSCCNCCC12CC3CC(CC(C3)C1)C2. The van der Waals surface area contributed by atoms with Gasteiger partial charge in [-0.05, 0) is 80.9 Å². The van der Waals surface area contributed by atoms with Crippen molar-refractivity contribution >= 4 is 11.8 Å². The number of rotatable bonds is 6. The largest absolute Gasteiger partial charge is 0.316 e. The Bertz CT molecular complexity index is 228. The topological polar surface area (TPSA) is 12.0 Å². The Balaban J connectivity index is 1.49. The Labute approximate surface area is 111 Å². The molecule has 4 aliphatic carbocycles. The predicted octanol–water partition coefficient (Wildman–Crippen LogP) is 3.55. The minimum Gasteiger partial charge on any atom is -0.316 e. The van der Waals surface area contributed by atoms with Crippen LogP contribution in [0.4, 0.5) is 0 Å². The Kier molecular flexibility index (Phi) is 3.72. The molecular formula is C15H27NS. The van der Waals surface area contributed by atoms with Crippen molar-refractivity contribution in [1.82, 2.24) is 5.32 Å². The van der Waals surface area contributed by atoms with Gasteiger partial charge in [-0.25, -0.2) is 0 Å². The molecule has 2 heteroatoms. The molecule has 1 nitrogen and oxygen atoms in total. The van der Waals surface area contributed by atoms with Crippen molar-refractivity contribution in [2.24, 2.45) is 23.2 Å². The zero-order valence-electron chi connectivity index (χ0n) is 11.2. The fourth-order valence-electron chi connectivity index (χ4n) is 5.25. The van der Waals surface area contributed by atoms with Crippen molar-refractivity contribution in [3.05, 3.63) is 0 Å². The Morgan fingerprint density at radius 1 is 1.00 bits per heavy atom. The molecule has 0 saturated heterocycles. The summed E-state index contributed by atoms with van der Waals surface area (Å²) >= 11 is 1.95. The van der Waals surface area contributed by atoms with E-state index in [1.807, 2.05) is 11.8 Å². The van der Waals surface area contributed by atoms with Gasteiger partial charge in [0.05, 0.1) is 0 Å². The smallest absolute Gasteiger partial charge is 0.00553 e. The molecule has 0 aromatic carbocycles. The third kappa shape index (κ3) is 2.68. The molecule has 4 rings (SSSR count). The fourth-order valence-corrected chi connectivity index (χ4v) is 5.60. The van der Waals surface area contributed by atoms with Crippen LogP contribution in [0.5, 0.6) is 0 Å². The molecule has 98 valence electrons. The molecule has 1 N–H and O–H groups in total. The summed E-state index contributed by atoms with van der Waals surface area (Å²) in [6.07, 6.45) is 13.1. The van der Waals surface area contributed by atoms with Gasteiger partial charge < -0.3 is 5.32 Å². The summed E-state index contributed by atoms with van der Waals surface area (Å²) in [5.41, 5.74) is 0.779. The average Bonchev–Trinajstić information content (AvgIpc) is 2.26. The molecule has 4 aliphatic rings. The van der Waals surface area contributed by atoms with Gasteiger partial charge in [0.1, 0.15) is 0 Å². The van der Waals surface area contributed by atoms with E-state index >= 15 is 0 Å². The van der Waals surface area contributed by atoms with Crippen LogP contribution >= 0.6 is 11.8 Å². The highest BCUT2D eigenvalue weighted by Gasteiger charge is 2.50. The second-order valence-electron chi connectivity index (χ2n) is 6.91. The summed E-state index contributed by atoms with van der Waals surface area (Å²) in [6, 6.07) is 0. The van der Waals surface area contributed by atoms with Crippen LogP contribution in [-0.4, -0.2) is 25.1 Å². The highest BCUT2D eigenvalue weighted by molar-refractivity contribution is 7.98. The Hall–Kier alpha value is 0.310. The van der Waals surface area contributed by atoms with Gasteiger partial charge >= 0.3 is 0 Å². The van der Waals surface area contributed by atoms with Gasteiger partial charge in [-0.15, -0.1) is 0 Å². The van der Waals surface area contributed by atoms with Gasteiger partial charge in [0, 0.05) is 12.3 Å². The first kappa shape index (κ1) is 12.3. The monoisotopic (exact) mass is 253 g/mol. The van der Waals surface area contributed by atoms with Crippen LogP contribution in [0.1, 0.15) is 44.9 Å². The quantitative estimate of drug-likeness (QED) is 0.727. The summed E-state index contributed by atoms with van der Waals surface area (Å²) in [4.78, 5) is 0. The molecule has 0 amide bonds. The summed E-state index contributed by atoms with van der Waals surface area (Å²) < 4.78 is 0. The molecule has 0 radical (unpaired) electrons.